The van der Waals surface area contributed by atoms with Crippen molar-refractivity contribution in [2.75, 3.05) is 12.8 Å². The zero-order chi connectivity index (χ0) is 24.8. The molecule has 1 aliphatic carbocycles. The van der Waals surface area contributed by atoms with Gasteiger partial charge in [-0.1, -0.05) is 6.92 Å². The van der Waals surface area contributed by atoms with Crippen molar-refractivity contribution in [3.05, 3.63) is 41.7 Å². The first-order chi connectivity index (χ1) is 15.9. The number of nitrogens with zero attached hydrogens (tertiary/aromatic N) is 6. The van der Waals surface area contributed by atoms with Crippen LogP contribution in [0, 0.1) is 0 Å². The minimum Gasteiger partial charge on any atom is -0.339 e. The number of carbonyl (C=O) groups is 1. The summed E-state index contributed by atoms with van der Waals surface area (Å²) in [6.45, 7) is 1.46. The third-order valence-corrected chi connectivity index (χ3v) is 7.37. The maximum Gasteiger partial charge on any atom is 0.416 e. The van der Waals surface area contributed by atoms with Crippen molar-refractivity contribution in [2.45, 2.75) is 36.9 Å². The summed E-state index contributed by atoms with van der Waals surface area (Å²) >= 11 is 0. The van der Waals surface area contributed by atoms with Crippen LogP contribution in [0.3, 0.4) is 0 Å². The first-order valence-electron chi connectivity index (χ1n) is 10.4. The van der Waals surface area contributed by atoms with Crippen LogP contribution in [-0.4, -0.2) is 62.8 Å². The molecule has 0 saturated heterocycles. The summed E-state index contributed by atoms with van der Waals surface area (Å²) in [7, 11) is -0.720. The van der Waals surface area contributed by atoms with Gasteiger partial charge in [-0.25, -0.2) is 8.42 Å². The van der Waals surface area contributed by atoms with Crippen LogP contribution in [0.4, 0.5) is 13.2 Å². The molecule has 0 aromatic carbocycles. The molecule has 13 heteroatoms. The fourth-order valence-electron chi connectivity index (χ4n) is 3.44. The molecule has 0 bridgehead atoms. The quantitative estimate of drug-likeness (QED) is 0.518. The van der Waals surface area contributed by atoms with Crippen molar-refractivity contribution in [3.63, 3.8) is 0 Å². The number of pyridine rings is 2. The van der Waals surface area contributed by atoms with E-state index in [1.165, 1.54) is 30.8 Å². The summed E-state index contributed by atoms with van der Waals surface area (Å²) < 4.78 is 66.4. The molecule has 1 aliphatic rings. The lowest BCUT2D eigenvalue weighted by molar-refractivity contribution is -0.137. The number of hydrogen-bond acceptors (Lipinski definition) is 7. The van der Waals surface area contributed by atoms with Crippen molar-refractivity contribution >= 4 is 15.7 Å². The molecule has 9 nitrogen and oxygen atoms in total. The highest BCUT2D eigenvalue weighted by atomic mass is 32.2. The molecule has 3 aromatic rings. The first kappa shape index (κ1) is 23.8. The molecule has 0 radical (unpaired) electrons. The molecule has 0 atom stereocenters. The van der Waals surface area contributed by atoms with Crippen LogP contribution in [0.2, 0.25) is 0 Å². The number of carbonyl (C=O) groups excluding carboxylic acids is 1. The lowest BCUT2D eigenvalue weighted by atomic mass is 10.2. The predicted molar refractivity (Wildman–Crippen MR) is 115 cm³/mol. The Morgan fingerprint density at radius 2 is 1.85 bits per heavy atom. The van der Waals surface area contributed by atoms with Gasteiger partial charge in [0.2, 0.25) is 0 Å². The topological polar surface area (TPSA) is 111 Å². The maximum absolute atomic E-state index is 13.1. The Morgan fingerprint density at radius 3 is 2.47 bits per heavy atom. The molecule has 1 amide bonds. The van der Waals surface area contributed by atoms with Gasteiger partial charge in [-0.05, 0) is 31.0 Å². The molecular weight excluding hydrogens is 473 g/mol. The van der Waals surface area contributed by atoms with E-state index in [1.807, 2.05) is 0 Å². The van der Waals surface area contributed by atoms with Gasteiger partial charge >= 0.3 is 6.18 Å². The van der Waals surface area contributed by atoms with Crippen LogP contribution in [0.5, 0.6) is 0 Å². The van der Waals surface area contributed by atoms with Gasteiger partial charge in [0.1, 0.15) is 11.4 Å². The van der Waals surface area contributed by atoms with Crippen molar-refractivity contribution < 1.29 is 26.4 Å². The molecule has 3 heterocycles. The van der Waals surface area contributed by atoms with Gasteiger partial charge in [0, 0.05) is 32.5 Å². The van der Waals surface area contributed by atoms with Gasteiger partial charge in [0.25, 0.3) is 5.91 Å². The van der Waals surface area contributed by atoms with Gasteiger partial charge in [-0.3, -0.25) is 14.8 Å². The standard InChI is InChI=1S/C21H21F3N6O3S/c1-4-34(32,33)16-9-12(20(31)29(2)14-5-6-14)11-26-17(16)19-28-27-18(30(19)3)15-10-13(7-8-25-15)21(22,23)24/h7-11,14H,4-6H2,1-3H3. The molecule has 1 saturated carbocycles. The van der Waals surface area contributed by atoms with E-state index in [0.29, 0.717) is 0 Å². The Balaban J connectivity index is 1.81. The smallest absolute Gasteiger partial charge is 0.339 e. The van der Waals surface area contributed by atoms with Gasteiger partial charge in [-0.2, -0.15) is 13.2 Å². The van der Waals surface area contributed by atoms with Crippen molar-refractivity contribution in [1.82, 2.24) is 29.6 Å². The predicted octanol–water partition coefficient (Wildman–Crippen LogP) is 2.99. The second kappa shape index (κ2) is 8.46. The van der Waals surface area contributed by atoms with Crippen LogP contribution in [0.1, 0.15) is 35.7 Å². The average Bonchev–Trinajstić information content (AvgIpc) is 3.59. The van der Waals surface area contributed by atoms with E-state index in [2.05, 4.69) is 20.2 Å². The molecular formula is C21H21F3N6O3S. The van der Waals surface area contributed by atoms with Crippen LogP contribution < -0.4 is 0 Å². The number of hydrogen-bond donors (Lipinski definition) is 0. The highest BCUT2D eigenvalue weighted by molar-refractivity contribution is 7.91. The van der Waals surface area contributed by atoms with Crippen molar-refractivity contribution in [3.8, 4) is 23.0 Å². The summed E-state index contributed by atoms with van der Waals surface area (Å²) in [4.78, 5) is 22.3. The molecule has 0 spiro atoms. The Labute approximate surface area is 193 Å². The monoisotopic (exact) mass is 494 g/mol. The minimum atomic E-state index is -4.57. The molecule has 34 heavy (non-hydrogen) atoms. The summed E-state index contributed by atoms with van der Waals surface area (Å²) in [5.74, 6) is -0.592. The number of alkyl halides is 3. The number of rotatable bonds is 6. The summed E-state index contributed by atoms with van der Waals surface area (Å²) in [6.07, 6.45) is -0.520. The van der Waals surface area contributed by atoms with Crippen molar-refractivity contribution in [1.29, 1.82) is 0 Å². The van der Waals surface area contributed by atoms with Crippen LogP contribution in [0.15, 0.2) is 35.5 Å². The number of sulfone groups is 1. The maximum atomic E-state index is 13.1. The number of amides is 1. The van der Waals surface area contributed by atoms with Crippen molar-refractivity contribution in [2.24, 2.45) is 7.05 Å². The lowest BCUT2D eigenvalue weighted by Crippen LogP contribution is -2.29. The van der Waals surface area contributed by atoms with Crippen LogP contribution >= 0.6 is 0 Å². The second-order valence-electron chi connectivity index (χ2n) is 7.96. The summed E-state index contributed by atoms with van der Waals surface area (Å²) in [5.41, 5.74) is -0.932. The van der Waals surface area contributed by atoms with E-state index in [0.717, 1.165) is 31.2 Å². The average molecular weight is 494 g/mol. The molecule has 3 aromatic heterocycles. The van der Waals surface area contributed by atoms with E-state index in [4.69, 9.17) is 0 Å². The Bertz CT molecular complexity index is 1370. The first-order valence-corrected chi connectivity index (χ1v) is 12.0. The molecule has 0 aliphatic heterocycles. The third-order valence-electron chi connectivity index (χ3n) is 5.63. The van der Waals surface area contributed by atoms with E-state index < -0.39 is 21.6 Å². The largest absolute Gasteiger partial charge is 0.416 e. The number of halogens is 3. The molecule has 180 valence electrons. The van der Waals surface area contributed by atoms with E-state index >= 15 is 0 Å². The Hall–Kier alpha value is -3.35. The Kier molecular flexibility index (Phi) is 5.92. The van der Waals surface area contributed by atoms with E-state index in [1.54, 1.807) is 11.9 Å². The fourth-order valence-corrected chi connectivity index (χ4v) is 4.50. The third kappa shape index (κ3) is 4.39. The zero-order valence-electron chi connectivity index (χ0n) is 18.5. The number of aromatic nitrogens is 5. The highest BCUT2D eigenvalue weighted by Gasteiger charge is 2.33. The molecule has 4 rings (SSSR count). The normalized spacial score (nSPS) is 14.3. The summed E-state index contributed by atoms with van der Waals surface area (Å²) in [5, 5.41) is 7.90. The van der Waals surface area contributed by atoms with Crippen LogP contribution in [-0.2, 0) is 23.1 Å². The van der Waals surface area contributed by atoms with Gasteiger partial charge in [0.15, 0.2) is 21.5 Å². The van der Waals surface area contributed by atoms with E-state index in [9.17, 15) is 26.4 Å². The molecule has 1 fully saturated rings. The Morgan fingerprint density at radius 1 is 1.18 bits per heavy atom. The lowest BCUT2D eigenvalue weighted by Gasteiger charge is -2.17. The van der Waals surface area contributed by atoms with E-state index in [-0.39, 0.29) is 51.2 Å². The van der Waals surface area contributed by atoms with Gasteiger partial charge in [0.05, 0.1) is 21.8 Å². The molecule has 0 N–H and O–H groups in total. The zero-order valence-corrected chi connectivity index (χ0v) is 19.4. The van der Waals surface area contributed by atoms with Crippen LogP contribution in [0.25, 0.3) is 23.0 Å². The fraction of sp³-hybridized carbons (Fsp3) is 0.381. The highest BCUT2D eigenvalue weighted by Crippen LogP contribution is 2.33. The minimum absolute atomic E-state index is 0.00336. The SMILES string of the molecule is CCS(=O)(=O)c1cc(C(=O)N(C)C2CC2)cnc1-c1nnc(-c2cc(C(F)(F)F)ccn2)n1C. The van der Waals surface area contributed by atoms with Gasteiger partial charge < -0.3 is 9.47 Å². The summed E-state index contributed by atoms with van der Waals surface area (Å²) in [6, 6.07) is 3.06. The second-order valence-corrected chi connectivity index (χ2v) is 10.2. The molecule has 0 unspecified atom stereocenters. The van der Waals surface area contributed by atoms with Gasteiger partial charge in [-0.15, -0.1) is 10.2 Å².